The maximum atomic E-state index is 12.9. The average Bonchev–Trinajstić information content (AvgIpc) is 3.13. The molecule has 1 aromatic carbocycles. The summed E-state index contributed by atoms with van der Waals surface area (Å²) in [6, 6.07) is 5.04. The van der Waals surface area contributed by atoms with Crippen molar-refractivity contribution < 1.29 is 18.3 Å². The maximum Gasteiger partial charge on any atom is 0.387 e. The number of halogens is 3. The van der Waals surface area contributed by atoms with E-state index in [1.54, 1.807) is 32.2 Å². The van der Waals surface area contributed by atoms with Crippen LogP contribution in [0.1, 0.15) is 37.0 Å². The molecule has 30 heavy (non-hydrogen) atoms. The molecule has 2 N–H and O–H groups in total. The number of nitrogens with one attached hydrogen (secondary N) is 2. The van der Waals surface area contributed by atoms with Gasteiger partial charge in [-0.2, -0.15) is 8.78 Å². The van der Waals surface area contributed by atoms with Gasteiger partial charge in [-0.05, 0) is 25.8 Å². The number of para-hydroxylation sites is 1. The Morgan fingerprint density at radius 1 is 1.23 bits per heavy atom. The minimum absolute atomic E-state index is 0. The summed E-state index contributed by atoms with van der Waals surface area (Å²) in [6.07, 6.45) is 3.20. The highest BCUT2D eigenvalue weighted by molar-refractivity contribution is 14.0. The lowest BCUT2D eigenvalue weighted by Gasteiger charge is -2.18. The summed E-state index contributed by atoms with van der Waals surface area (Å²) in [5.74, 6) is 2.69. The van der Waals surface area contributed by atoms with Gasteiger partial charge in [-0.3, -0.25) is 4.99 Å². The van der Waals surface area contributed by atoms with Crippen LogP contribution < -0.4 is 20.1 Å². The van der Waals surface area contributed by atoms with Crippen molar-refractivity contribution in [3.63, 3.8) is 0 Å². The van der Waals surface area contributed by atoms with Gasteiger partial charge >= 0.3 is 6.61 Å². The Morgan fingerprint density at radius 3 is 2.77 bits per heavy atom. The van der Waals surface area contributed by atoms with Crippen molar-refractivity contribution in [1.82, 2.24) is 25.4 Å². The summed E-state index contributed by atoms with van der Waals surface area (Å²) in [5, 5.41) is 14.8. The van der Waals surface area contributed by atoms with Gasteiger partial charge in [-0.1, -0.05) is 12.1 Å². The number of fused-ring (bicyclic) bond motifs is 1. The zero-order valence-corrected chi connectivity index (χ0v) is 19.4. The largest absolute Gasteiger partial charge is 0.490 e. The Kier molecular flexibility index (Phi) is 9.53. The second kappa shape index (κ2) is 11.9. The molecule has 0 amide bonds. The van der Waals surface area contributed by atoms with Crippen molar-refractivity contribution in [2.75, 3.05) is 13.7 Å². The fourth-order valence-electron chi connectivity index (χ4n) is 3.25. The van der Waals surface area contributed by atoms with Crippen molar-refractivity contribution in [3.05, 3.63) is 35.4 Å². The lowest BCUT2D eigenvalue weighted by molar-refractivity contribution is -0.0520. The second-order valence-electron chi connectivity index (χ2n) is 6.48. The molecule has 2 aromatic rings. The van der Waals surface area contributed by atoms with Crippen molar-refractivity contribution in [3.8, 4) is 11.5 Å². The first-order valence-electron chi connectivity index (χ1n) is 9.67. The summed E-state index contributed by atoms with van der Waals surface area (Å²) in [5.41, 5.74) is 0.541. The van der Waals surface area contributed by atoms with Gasteiger partial charge in [-0.25, -0.2) is 0 Å². The van der Waals surface area contributed by atoms with Gasteiger partial charge in [0.2, 0.25) is 0 Å². The first kappa shape index (κ1) is 24.1. The van der Waals surface area contributed by atoms with E-state index in [-0.39, 0.29) is 42.0 Å². The lowest BCUT2D eigenvalue weighted by atomic mass is 10.2. The van der Waals surface area contributed by atoms with Gasteiger partial charge in [0.25, 0.3) is 0 Å². The fourth-order valence-corrected chi connectivity index (χ4v) is 3.25. The topological polar surface area (TPSA) is 85.6 Å². The van der Waals surface area contributed by atoms with E-state index in [1.165, 1.54) is 0 Å². The number of aliphatic imine (C=N–C) groups is 1. The summed E-state index contributed by atoms with van der Waals surface area (Å²) in [6.45, 7) is 0.817. The highest BCUT2D eigenvalue weighted by Gasteiger charge is 2.17. The van der Waals surface area contributed by atoms with E-state index in [0.717, 1.165) is 37.5 Å². The van der Waals surface area contributed by atoms with E-state index in [0.29, 0.717) is 24.7 Å². The summed E-state index contributed by atoms with van der Waals surface area (Å²) in [4.78, 5) is 4.18. The number of ether oxygens (including phenoxy) is 2. The third-order valence-electron chi connectivity index (χ3n) is 4.59. The van der Waals surface area contributed by atoms with E-state index in [9.17, 15) is 8.78 Å². The molecule has 0 saturated carbocycles. The Labute approximate surface area is 191 Å². The number of rotatable bonds is 8. The second-order valence-corrected chi connectivity index (χ2v) is 6.48. The number of aromatic nitrogens is 3. The smallest absolute Gasteiger partial charge is 0.387 e. The molecule has 0 atom stereocenters. The zero-order chi connectivity index (χ0) is 20.6. The predicted octanol–water partition coefficient (Wildman–Crippen LogP) is 3.10. The molecule has 1 aromatic heterocycles. The average molecular weight is 536 g/mol. The Hall–Kier alpha value is -2.18. The van der Waals surface area contributed by atoms with Crippen LogP contribution in [-0.4, -0.2) is 41.0 Å². The molecule has 0 saturated heterocycles. The molecule has 0 radical (unpaired) electrons. The number of benzene rings is 1. The van der Waals surface area contributed by atoms with Gasteiger partial charge < -0.3 is 24.7 Å². The van der Waals surface area contributed by atoms with Crippen molar-refractivity contribution in [2.45, 2.75) is 52.4 Å². The fraction of sp³-hybridized carbons (Fsp3) is 0.526. The molecule has 1 aliphatic heterocycles. The maximum absolute atomic E-state index is 12.9. The summed E-state index contributed by atoms with van der Waals surface area (Å²) in [7, 11) is 1.64. The van der Waals surface area contributed by atoms with Gasteiger partial charge in [0.05, 0.1) is 13.2 Å². The van der Waals surface area contributed by atoms with E-state index in [1.807, 2.05) is 0 Å². The molecule has 0 bridgehead atoms. The molecule has 1 aliphatic rings. The molecule has 0 spiro atoms. The number of nitrogens with zero attached hydrogens (tertiary/aromatic N) is 4. The minimum atomic E-state index is -2.94. The Morgan fingerprint density at radius 2 is 2.03 bits per heavy atom. The van der Waals surface area contributed by atoms with Crippen LogP contribution in [0.5, 0.6) is 11.5 Å². The van der Waals surface area contributed by atoms with Gasteiger partial charge in [0.1, 0.15) is 5.82 Å². The van der Waals surface area contributed by atoms with E-state index < -0.39 is 6.61 Å². The van der Waals surface area contributed by atoms with Gasteiger partial charge in [0, 0.05) is 32.1 Å². The number of aryl methyl sites for hydroxylation is 1. The Balaban J connectivity index is 0.00000320. The molecule has 166 valence electrons. The van der Waals surface area contributed by atoms with Crippen LogP contribution in [0.3, 0.4) is 0 Å². The summed E-state index contributed by atoms with van der Waals surface area (Å²) >= 11 is 0. The molecular formula is C19H27F2IN6O2. The molecule has 0 fully saturated rings. The van der Waals surface area contributed by atoms with Crippen molar-refractivity contribution in [2.24, 2.45) is 4.99 Å². The quantitative estimate of drug-likeness (QED) is 0.307. The van der Waals surface area contributed by atoms with Crippen LogP contribution in [0.2, 0.25) is 0 Å². The number of hydrogen-bond donors (Lipinski definition) is 2. The normalized spacial score (nSPS) is 13.4. The van der Waals surface area contributed by atoms with Crippen LogP contribution in [0.15, 0.2) is 23.2 Å². The van der Waals surface area contributed by atoms with E-state index >= 15 is 0 Å². The van der Waals surface area contributed by atoms with Crippen LogP contribution in [0.4, 0.5) is 8.78 Å². The molecule has 0 aliphatic carbocycles. The number of hydrogen-bond acceptors (Lipinski definition) is 5. The molecule has 11 heteroatoms. The van der Waals surface area contributed by atoms with Crippen molar-refractivity contribution in [1.29, 1.82) is 0 Å². The van der Waals surface area contributed by atoms with Crippen LogP contribution in [0.25, 0.3) is 0 Å². The molecule has 2 heterocycles. The first-order chi connectivity index (χ1) is 14.1. The number of guanidine groups is 1. The highest BCUT2D eigenvalue weighted by Crippen LogP contribution is 2.32. The standard InChI is InChI=1S/C19H26F2N6O2.HI/c1-3-28-14-8-6-7-13(17(14)29-18(20)21)11-23-19(22-2)24-12-16-26-25-15-9-4-5-10-27(15)16;/h6-8,18H,3-5,9-12H2,1-2H3,(H2,22,23,24);1H. The van der Waals surface area contributed by atoms with Crippen LogP contribution in [-0.2, 0) is 26.1 Å². The minimum Gasteiger partial charge on any atom is -0.490 e. The first-order valence-corrected chi connectivity index (χ1v) is 9.67. The predicted molar refractivity (Wildman–Crippen MR) is 120 cm³/mol. The molecule has 3 rings (SSSR count). The third kappa shape index (κ3) is 6.16. The van der Waals surface area contributed by atoms with Crippen LogP contribution >= 0.6 is 24.0 Å². The van der Waals surface area contributed by atoms with Crippen LogP contribution in [0, 0.1) is 0 Å². The SMILES string of the molecule is CCOc1cccc(CNC(=NC)NCc2nnc3n2CCCC3)c1OC(F)F.I. The number of alkyl halides is 2. The molecular weight excluding hydrogens is 509 g/mol. The molecule has 0 unspecified atom stereocenters. The van der Waals surface area contributed by atoms with Gasteiger partial charge in [-0.15, -0.1) is 34.2 Å². The zero-order valence-electron chi connectivity index (χ0n) is 17.0. The van der Waals surface area contributed by atoms with E-state index in [2.05, 4.69) is 30.4 Å². The highest BCUT2D eigenvalue weighted by atomic mass is 127. The lowest BCUT2D eigenvalue weighted by Crippen LogP contribution is -2.37. The molecule has 8 nitrogen and oxygen atoms in total. The van der Waals surface area contributed by atoms with Crippen molar-refractivity contribution >= 4 is 29.9 Å². The Bertz CT molecular complexity index is 846. The summed E-state index contributed by atoms with van der Waals surface area (Å²) < 4.78 is 37.9. The van der Waals surface area contributed by atoms with Gasteiger partial charge in [0.15, 0.2) is 23.3 Å². The third-order valence-corrected chi connectivity index (χ3v) is 4.59. The van der Waals surface area contributed by atoms with E-state index in [4.69, 9.17) is 9.47 Å². The monoisotopic (exact) mass is 536 g/mol.